The van der Waals surface area contributed by atoms with Crippen molar-refractivity contribution in [2.45, 2.75) is 58.0 Å². The van der Waals surface area contributed by atoms with Gasteiger partial charge in [-0.05, 0) is 59.0 Å². The van der Waals surface area contributed by atoms with E-state index in [1.807, 2.05) is 0 Å². The van der Waals surface area contributed by atoms with Gasteiger partial charge in [0, 0.05) is 18.6 Å². The zero-order chi connectivity index (χ0) is 11.4. The molecule has 1 N–H and O–H groups in total. The third kappa shape index (κ3) is 3.33. The molecule has 0 radical (unpaired) electrons. The van der Waals surface area contributed by atoms with Gasteiger partial charge in [-0.3, -0.25) is 4.90 Å². The molecule has 1 unspecified atom stereocenters. The second-order valence-corrected chi connectivity index (χ2v) is 5.53. The molecule has 1 heterocycles. The third-order valence-electron chi connectivity index (χ3n) is 3.96. The molecule has 0 aromatic carbocycles. The highest BCUT2D eigenvalue weighted by Gasteiger charge is 2.23. The van der Waals surface area contributed by atoms with Crippen LogP contribution in [0.25, 0.3) is 0 Å². The number of hydrogen-bond acceptors (Lipinski definition) is 2. The topological polar surface area (TPSA) is 15.3 Å². The molecule has 1 atom stereocenters. The zero-order valence-corrected chi connectivity index (χ0v) is 10.8. The SMILES string of the molecule is CC(C)N1CCC(NCCC2=CCCC2)C1. The fraction of sp³-hybridized carbons (Fsp3) is 0.857. The number of likely N-dealkylation sites (tertiary alicyclic amines) is 1. The van der Waals surface area contributed by atoms with E-state index < -0.39 is 0 Å². The Labute approximate surface area is 100 Å². The molecule has 2 aliphatic rings. The van der Waals surface area contributed by atoms with Gasteiger partial charge in [0.05, 0.1) is 0 Å². The molecular weight excluding hydrogens is 196 g/mol. The molecule has 16 heavy (non-hydrogen) atoms. The van der Waals surface area contributed by atoms with Gasteiger partial charge < -0.3 is 5.32 Å². The monoisotopic (exact) mass is 222 g/mol. The first-order valence-corrected chi connectivity index (χ1v) is 6.91. The molecule has 0 saturated carbocycles. The molecule has 2 heteroatoms. The molecule has 2 nitrogen and oxygen atoms in total. The largest absolute Gasteiger partial charge is 0.312 e. The Morgan fingerprint density at radius 1 is 1.50 bits per heavy atom. The maximum atomic E-state index is 3.71. The van der Waals surface area contributed by atoms with Gasteiger partial charge in [-0.2, -0.15) is 0 Å². The Morgan fingerprint density at radius 2 is 2.38 bits per heavy atom. The van der Waals surface area contributed by atoms with Crippen molar-refractivity contribution in [3.05, 3.63) is 11.6 Å². The first kappa shape index (κ1) is 12.1. The van der Waals surface area contributed by atoms with Crippen molar-refractivity contribution in [2.24, 2.45) is 0 Å². The summed E-state index contributed by atoms with van der Waals surface area (Å²) < 4.78 is 0. The lowest BCUT2D eigenvalue weighted by Crippen LogP contribution is -2.35. The van der Waals surface area contributed by atoms with Crippen LogP contribution in [0.1, 0.15) is 46.0 Å². The molecule has 1 aliphatic carbocycles. The van der Waals surface area contributed by atoms with E-state index in [1.165, 1.54) is 51.7 Å². The number of allylic oxidation sites excluding steroid dienone is 1. The van der Waals surface area contributed by atoms with Crippen molar-refractivity contribution in [1.82, 2.24) is 10.2 Å². The number of hydrogen-bond donors (Lipinski definition) is 1. The standard InChI is InChI=1S/C14H26N2/c1-12(2)16-10-8-14(11-16)15-9-7-13-5-3-4-6-13/h5,12,14-15H,3-4,6-11H2,1-2H3. The van der Waals surface area contributed by atoms with Crippen molar-refractivity contribution in [1.29, 1.82) is 0 Å². The van der Waals surface area contributed by atoms with Crippen molar-refractivity contribution in [2.75, 3.05) is 19.6 Å². The molecule has 0 spiro atoms. The summed E-state index contributed by atoms with van der Waals surface area (Å²) in [5.74, 6) is 0. The minimum atomic E-state index is 0.712. The van der Waals surface area contributed by atoms with E-state index in [1.54, 1.807) is 5.57 Å². The van der Waals surface area contributed by atoms with Crippen LogP contribution in [0.2, 0.25) is 0 Å². The molecule has 2 rings (SSSR count). The molecule has 1 aliphatic heterocycles. The fourth-order valence-corrected chi connectivity index (χ4v) is 2.82. The second kappa shape index (κ2) is 5.83. The average Bonchev–Trinajstić information content (AvgIpc) is 2.87. The maximum Gasteiger partial charge on any atom is 0.0207 e. The lowest BCUT2D eigenvalue weighted by molar-refractivity contribution is 0.268. The summed E-state index contributed by atoms with van der Waals surface area (Å²) in [5, 5.41) is 3.71. The molecule has 1 fully saturated rings. The van der Waals surface area contributed by atoms with Gasteiger partial charge in [-0.15, -0.1) is 0 Å². The average molecular weight is 222 g/mol. The zero-order valence-electron chi connectivity index (χ0n) is 10.8. The Balaban J connectivity index is 1.60. The quantitative estimate of drug-likeness (QED) is 0.719. The molecule has 1 saturated heterocycles. The van der Waals surface area contributed by atoms with Crippen LogP contribution in [0.4, 0.5) is 0 Å². The summed E-state index contributed by atoms with van der Waals surface area (Å²) in [6.07, 6.45) is 9.11. The molecule has 0 aromatic heterocycles. The second-order valence-electron chi connectivity index (χ2n) is 5.53. The van der Waals surface area contributed by atoms with E-state index in [2.05, 4.69) is 30.1 Å². The van der Waals surface area contributed by atoms with Gasteiger partial charge in [-0.25, -0.2) is 0 Å². The number of nitrogens with one attached hydrogen (secondary N) is 1. The molecule has 92 valence electrons. The van der Waals surface area contributed by atoms with Crippen molar-refractivity contribution in [3.63, 3.8) is 0 Å². The normalized spacial score (nSPS) is 26.7. The molecular formula is C14H26N2. The maximum absolute atomic E-state index is 3.71. The minimum Gasteiger partial charge on any atom is -0.312 e. The Morgan fingerprint density at radius 3 is 3.00 bits per heavy atom. The minimum absolute atomic E-state index is 0.712. The van der Waals surface area contributed by atoms with Gasteiger partial charge in [-0.1, -0.05) is 11.6 Å². The lowest BCUT2D eigenvalue weighted by atomic mass is 10.1. The predicted octanol–water partition coefficient (Wildman–Crippen LogP) is 2.56. The summed E-state index contributed by atoms with van der Waals surface area (Å²) in [4.78, 5) is 2.58. The molecule has 0 aromatic rings. The van der Waals surface area contributed by atoms with E-state index in [9.17, 15) is 0 Å². The molecule has 0 bridgehead atoms. The van der Waals surface area contributed by atoms with Crippen molar-refractivity contribution >= 4 is 0 Å². The van der Waals surface area contributed by atoms with Crippen LogP contribution in [-0.2, 0) is 0 Å². The van der Waals surface area contributed by atoms with Crippen LogP contribution in [0.15, 0.2) is 11.6 Å². The Bertz CT molecular complexity index is 245. The summed E-state index contributed by atoms with van der Waals surface area (Å²) in [6.45, 7) is 8.30. The summed E-state index contributed by atoms with van der Waals surface area (Å²) in [7, 11) is 0. The van der Waals surface area contributed by atoms with Gasteiger partial charge in [0.1, 0.15) is 0 Å². The summed E-state index contributed by atoms with van der Waals surface area (Å²) in [6, 6.07) is 1.45. The third-order valence-corrected chi connectivity index (χ3v) is 3.96. The summed E-state index contributed by atoms with van der Waals surface area (Å²) >= 11 is 0. The number of rotatable bonds is 5. The van der Waals surface area contributed by atoms with Crippen LogP contribution in [0.3, 0.4) is 0 Å². The van der Waals surface area contributed by atoms with Crippen LogP contribution >= 0.6 is 0 Å². The lowest BCUT2D eigenvalue weighted by Gasteiger charge is -2.20. The van der Waals surface area contributed by atoms with Crippen LogP contribution < -0.4 is 5.32 Å². The fourth-order valence-electron chi connectivity index (χ4n) is 2.82. The van der Waals surface area contributed by atoms with Gasteiger partial charge >= 0.3 is 0 Å². The number of nitrogens with zero attached hydrogens (tertiary/aromatic N) is 1. The van der Waals surface area contributed by atoms with Gasteiger partial charge in [0.25, 0.3) is 0 Å². The smallest absolute Gasteiger partial charge is 0.0207 e. The first-order chi connectivity index (χ1) is 7.75. The highest BCUT2D eigenvalue weighted by Crippen LogP contribution is 2.20. The van der Waals surface area contributed by atoms with Crippen LogP contribution in [0, 0.1) is 0 Å². The predicted molar refractivity (Wildman–Crippen MR) is 69.7 cm³/mol. The van der Waals surface area contributed by atoms with Crippen molar-refractivity contribution in [3.8, 4) is 0 Å². The highest BCUT2D eigenvalue weighted by atomic mass is 15.2. The summed E-state index contributed by atoms with van der Waals surface area (Å²) in [5.41, 5.74) is 1.69. The molecule has 0 amide bonds. The Kier molecular flexibility index (Phi) is 4.42. The van der Waals surface area contributed by atoms with Gasteiger partial charge in [0.15, 0.2) is 0 Å². The van der Waals surface area contributed by atoms with E-state index in [-0.39, 0.29) is 0 Å². The first-order valence-electron chi connectivity index (χ1n) is 6.91. The van der Waals surface area contributed by atoms with Crippen LogP contribution in [-0.4, -0.2) is 36.6 Å². The van der Waals surface area contributed by atoms with Gasteiger partial charge in [0.2, 0.25) is 0 Å². The van der Waals surface area contributed by atoms with Crippen LogP contribution in [0.5, 0.6) is 0 Å². The van der Waals surface area contributed by atoms with E-state index in [4.69, 9.17) is 0 Å². The highest BCUT2D eigenvalue weighted by molar-refractivity contribution is 5.07. The van der Waals surface area contributed by atoms with E-state index in [0.717, 1.165) is 6.04 Å². The van der Waals surface area contributed by atoms with E-state index in [0.29, 0.717) is 6.04 Å². The van der Waals surface area contributed by atoms with Crippen molar-refractivity contribution < 1.29 is 0 Å². The Hall–Kier alpha value is -0.340. The van der Waals surface area contributed by atoms with E-state index >= 15 is 0 Å².